The molecular formula is C27H27N3O4. The highest BCUT2D eigenvalue weighted by atomic mass is 16.3. The predicted octanol–water partition coefficient (Wildman–Crippen LogP) is 2.94. The first-order chi connectivity index (χ1) is 16.4. The zero-order chi connectivity index (χ0) is 24.2. The molecule has 0 aliphatic carbocycles. The number of benzene rings is 3. The van der Waals surface area contributed by atoms with E-state index >= 15 is 0 Å². The summed E-state index contributed by atoms with van der Waals surface area (Å²) in [5.74, 6) is -1.92. The van der Waals surface area contributed by atoms with Gasteiger partial charge in [-0.15, -0.1) is 0 Å². The number of hydrogen-bond donors (Lipinski definition) is 3. The van der Waals surface area contributed by atoms with Gasteiger partial charge in [0, 0.05) is 5.56 Å². The number of hydrogen-bond acceptors (Lipinski definition) is 4. The van der Waals surface area contributed by atoms with E-state index in [-0.39, 0.29) is 12.3 Å². The molecule has 0 saturated carbocycles. The van der Waals surface area contributed by atoms with Gasteiger partial charge in [-0.2, -0.15) is 0 Å². The molecule has 1 heterocycles. The van der Waals surface area contributed by atoms with Crippen molar-refractivity contribution >= 4 is 23.4 Å². The lowest BCUT2D eigenvalue weighted by Crippen LogP contribution is -2.58. The Bertz CT molecular complexity index is 1210. The number of carbonyl (C=O) groups excluding carboxylic acids is 3. The van der Waals surface area contributed by atoms with Gasteiger partial charge in [0.15, 0.2) is 0 Å². The standard InChI is InChI=1S/C27H27N3O4/c1-17-20-12-6-7-13-21(20)22-14-8-9-15-23(22)30(27(17)34)29-26(33)25(18(2)31)28-24(32)16-19-10-4-3-5-11-19/h3-15,17-18,25,31H,16H2,1-2H3,(H,28,32)(H,29,33)/t17?,18-,25+/m1/s1. The van der Waals surface area contributed by atoms with E-state index in [9.17, 15) is 19.5 Å². The largest absolute Gasteiger partial charge is 0.391 e. The molecule has 3 amide bonds. The van der Waals surface area contributed by atoms with E-state index in [4.69, 9.17) is 0 Å². The maximum absolute atomic E-state index is 13.4. The molecule has 0 saturated heterocycles. The summed E-state index contributed by atoms with van der Waals surface area (Å²) in [4.78, 5) is 39.2. The number of carbonyl (C=O) groups is 3. The Hall–Kier alpha value is -3.97. The zero-order valence-electron chi connectivity index (χ0n) is 19.1. The van der Waals surface area contributed by atoms with Gasteiger partial charge in [-0.3, -0.25) is 19.8 Å². The van der Waals surface area contributed by atoms with Crippen LogP contribution < -0.4 is 15.8 Å². The van der Waals surface area contributed by atoms with Crippen LogP contribution in [-0.4, -0.2) is 35.0 Å². The quantitative estimate of drug-likeness (QED) is 0.530. The molecular weight excluding hydrogens is 430 g/mol. The van der Waals surface area contributed by atoms with Crippen molar-refractivity contribution in [2.75, 3.05) is 5.01 Å². The maximum Gasteiger partial charge on any atom is 0.264 e. The van der Waals surface area contributed by atoms with Crippen LogP contribution in [0.1, 0.15) is 30.9 Å². The predicted molar refractivity (Wildman–Crippen MR) is 130 cm³/mol. The van der Waals surface area contributed by atoms with Crippen molar-refractivity contribution in [2.45, 2.75) is 38.3 Å². The van der Waals surface area contributed by atoms with Gasteiger partial charge in [-0.1, -0.05) is 72.8 Å². The maximum atomic E-state index is 13.4. The number of fused-ring (bicyclic) bond motifs is 3. The molecule has 1 unspecified atom stereocenters. The first-order valence-corrected chi connectivity index (χ1v) is 11.2. The Morgan fingerprint density at radius 2 is 1.56 bits per heavy atom. The second kappa shape index (κ2) is 9.89. The molecule has 0 aromatic heterocycles. The monoisotopic (exact) mass is 457 g/mol. The van der Waals surface area contributed by atoms with Gasteiger partial charge in [0.25, 0.3) is 11.8 Å². The number of amides is 3. The van der Waals surface area contributed by atoms with Crippen molar-refractivity contribution in [1.29, 1.82) is 0 Å². The lowest BCUT2D eigenvalue weighted by atomic mass is 9.92. The van der Waals surface area contributed by atoms with E-state index in [0.717, 1.165) is 22.3 Å². The Balaban J connectivity index is 1.59. The lowest BCUT2D eigenvalue weighted by Gasteiger charge is -2.28. The highest BCUT2D eigenvalue weighted by Crippen LogP contribution is 2.39. The summed E-state index contributed by atoms with van der Waals surface area (Å²) in [7, 11) is 0. The van der Waals surface area contributed by atoms with Crippen molar-refractivity contribution in [1.82, 2.24) is 10.7 Å². The van der Waals surface area contributed by atoms with E-state index in [1.807, 2.05) is 66.7 Å². The van der Waals surface area contributed by atoms with Crippen LogP contribution in [0, 0.1) is 0 Å². The smallest absolute Gasteiger partial charge is 0.264 e. The fraction of sp³-hybridized carbons (Fsp3) is 0.222. The molecule has 4 rings (SSSR count). The average Bonchev–Trinajstić information content (AvgIpc) is 2.93. The van der Waals surface area contributed by atoms with Crippen molar-refractivity contribution in [3.8, 4) is 11.1 Å². The summed E-state index contributed by atoms with van der Waals surface area (Å²) in [6.07, 6.45) is -1.11. The normalized spacial score (nSPS) is 16.5. The van der Waals surface area contributed by atoms with E-state index in [1.54, 1.807) is 19.1 Å². The summed E-state index contributed by atoms with van der Waals surface area (Å²) >= 11 is 0. The van der Waals surface area contributed by atoms with Crippen LogP contribution in [0.5, 0.6) is 0 Å². The topological polar surface area (TPSA) is 98.7 Å². The molecule has 174 valence electrons. The Kier molecular flexibility index (Phi) is 6.75. The third-order valence-electron chi connectivity index (χ3n) is 5.96. The molecule has 34 heavy (non-hydrogen) atoms. The number of aliphatic hydroxyl groups excluding tert-OH is 1. The summed E-state index contributed by atoms with van der Waals surface area (Å²) in [6, 6.07) is 22.8. The number of para-hydroxylation sites is 1. The summed E-state index contributed by atoms with van der Waals surface area (Å²) in [5, 5.41) is 14.1. The fourth-order valence-electron chi connectivity index (χ4n) is 4.17. The number of nitrogens with one attached hydrogen (secondary N) is 2. The van der Waals surface area contributed by atoms with Gasteiger partial charge in [0.2, 0.25) is 5.91 Å². The van der Waals surface area contributed by atoms with Gasteiger partial charge in [0.05, 0.1) is 24.1 Å². The van der Waals surface area contributed by atoms with E-state index < -0.39 is 29.9 Å². The first kappa shape index (κ1) is 23.2. The summed E-state index contributed by atoms with van der Waals surface area (Å²) in [6.45, 7) is 3.21. The van der Waals surface area contributed by atoms with Crippen LogP contribution >= 0.6 is 0 Å². The van der Waals surface area contributed by atoms with Gasteiger partial charge in [0.1, 0.15) is 6.04 Å². The molecule has 1 aliphatic rings. The molecule has 0 fully saturated rings. The lowest BCUT2D eigenvalue weighted by molar-refractivity contribution is -0.132. The van der Waals surface area contributed by atoms with Crippen molar-refractivity contribution in [3.63, 3.8) is 0 Å². The highest BCUT2D eigenvalue weighted by Gasteiger charge is 2.34. The Morgan fingerprint density at radius 3 is 2.26 bits per heavy atom. The first-order valence-electron chi connectivity index (χ1n) is 11.2. The zero-order valence-corrected chi connectivity index (χ0v) is 19.1. The molecule has 1 aliphatic heterocycles. The van der Waals surface area contributed by atoms with Gasteiger partial charge >= 0.3 is 0 Å². The summed E-state index contributed by atoms with van der Waals surface area (Å²) < 4.78 is 0. The fourth-order valence-corrected chi connectivity index (χ4v) is 4.17. The van der Waals surface area contributed by atoms with E-state index in [0.29, 0.717) is 5.69 Å². The molecule has 3 aromatic carbocycles. The number of rotatable bonds is 6. The molecule has 3 aromatic rings. The van der Waals surface area contributed by atoms with Gasteiger partial charge < -0.3 is 10.4 Å². The van der Waals surface area contributed by atoms with Crippen LogP contribution in [0.3, 0.4) is 0 Å². The average molecular weight is 458 g/mol. The van der Waals surface area contributed by atoms with E-state index in [2.05, 4.69) is 10.7 Å². The number of aliphatic hydroxyl groups is 1. The molecule has 7 heteroatoms. The highest BCUT2D eigenvalue weighted by molar-refractivity contribution is 6.07. The molecule has 7 nitrogen and oxygen atoms in total. The number of hydrazine groups is 1. The van der Waals surface area contributed by atoms with Crippen LogP contribution in [0.2, 0.25) is 0 Å². The van der Waals surface area contributed by atoms with Gasteiger partial charge in [-0.05, 0) is 36.6 Å². The second-order valence-electron chi connectivity index (χ2n) is 8.42. The molecule has 3 N–H and O–H groups in total. The third kappa shape index (κ3) is 4.70. The Morgan fingerprint density at radius 1 is 0.941 bits per heavy atom. The minimum atomic E-state index is -1.24. The van der Waals surface area contributed by atoms with Crippen molar-refractivity contribution in [3.05, 3.63) is 90.0 Å². The third-order valence-corrected chi connectivity index (χ3v) is 5.96. The Labute approximate surface area is 198 Å². The second-order valence-corrected chi connectivity index (χ2v) is 8.42. The number of nitrogens with zero attached hydrogens (tertiary/aromatic N) is 1. The van der Waals surface area contributed by atoms with Crippen LogP contribution in [0.4, 0.5) is 5.69 Å². The SMILES string of the molecule is CC1C(=O)N(NC(=O)[C@@H](NC(=O)Cc2ccccc2)[C@@H](C)O)c2ccccc2-c2ccccc21. The van der Waals surface area contributed by atoms with Gasteiger partial charge in [-0.25, -0.2) is 5.01 Å². The van der Waals surface area contributed by atoms with Crippen LogP contribution in [-0.2, 0) is 20.8 Å². The molecule has 0 bridgehead atoms. The van der Waals surface area contributed by atoms with E-state index in [1.165, 1.54) is 11.9 Å². The molecule has 0 radical (unpaired) electrons. The van der Waals surface area contributed by atoms with Crippen LogP contribution in [0.25, 0.3) is 11.1 Å². The van der Waals surface area contributed by atoms with Crippen LogP contribution in [0.15, 0.2) is 78.9 Å². The minimum Gasteiger partial charge on any atom is -0.391 e. The van der Waals surface area contributed by atoms with Crippen molar-refractivity contribution in [2.24, 2.45) is 0 Å². The molecule has 0 spiro atoms. The van der Waals surface area contributed by atoms with Crippen molar-refractivity contribution < 1.29 is 19.5 Å². The number of anilines is 1. The minimum absolute atomic E-state index is 0.0646. The summed E-state index contributed by atoms with van der Waals surface area (Å²) in [5.41, 5.74) is 6.54. The molecule has 3 atom stereocenters.